The minimum atomic E-state index is 0.816. The van der Waals surface area contributed by atoms with Crippen molar-refractivity contribution in [3.05, 3.63) is 23.9 Å². The molecule has 0 radical (unpaired) electrons. The molecule has 0 saturated heterocycles. The van der Waals surface area contributed by atoms with Gasteiger partial charge >= 0.3 is 0 Å². The molecule has 1 N–H and O–H groups in total. The lowest BCUT2D eigenvalue weighted by molar-refractivity contribution is 0.415. The number of nitrogens with one attached hydrogen (secondary N) is 1. The Balaban J connectivity index is 2.26. The highest BCUT2D eigenvalue weighted by Crippen LogP contribution is 2.35. The number of rotatable bonds is 3. The summed E-state index contributed by atoms with van der Waals surface area (Å²) >= 11 is 1.46. The number of aryl methyl sites for hydroxylation is 2. The van der Waals surface area contributed by atoms with Crippen LogP contribution in [0.2, 0.25) is 0 Å². The summed E-state index contributed by atoms with van der Waals surface area (Å²) in [6, 6.07) is 5.93. The fraction of sp³-hybridized carbons (Fsp3) is 0.286. The average molecular weight is 288 g/mol. The molecule has 0 unspecified atom stereocenters. The highest BCUT2D eigenvalue weighted by Gasteiger charge is 2.18. The fourth-order valence-electron chi connectivity index (χ4n) is 2.33. The van der Waals surface area contributed by atoms with Gasteiger partial charge in [0.2, 0.25) is 0 Å². The van der Waals surface area contributed by atoms with E-state index in [2.05, 4.69) is 14.3 Å². The number of imidazole rings is 1. The van der Waals surface area contributed by atoms with Crippen molar-refractivity contribution in [2.24, 2.45) is 7.05 Å². The van der Waals surface area contributed by atoms with Crippen molar-refractivity contribution in [1.82, 2.24) is 13.9 Å². The number of fused-ring (bicyclic) bond motifs is 1. The predicted octanol–water partition coefficient (Wildman–Crippen LogP) is 3.06. The van der Waals surface area contributed by atoms with E-state index in [0.29, 0.717) is 0 Å². The van der Waals surface area contributed by atoms with E-state index in [-0.39, 0.29) is 0 Å². The zero-order chi connectivity index (χ0) is 14.3. The summed E-state index contributed by atoms with van der Waals surface area (Å²) in [5.41, 5.74) is 4.06. The van der Waals surface area contributed by atoms with E-state index in [4.69, 9.17) is 9.72 Å². The third kappa shape index (κ3) is 1.84. The molecule has 104 valence electrons. The van der Waals surface area contributed by atoms with Gasteiger partial charge in [-0.15, -0.1) is 0 Å². The van der Waals surface area contributed by atoms with Crippen molar-refractivity contribution < 1.29 is 4.74 Å². The first-order valence-corrected chi connectivity index (χ1v) is 7.08. The first-order valence-electron chi connectivity index (χ1n) is 6.30. The van der Waals surface area contributed by atoms with E-state index >= 15 is 0 Å². The largest absolute Gasteiger partial charge is 0.497 e. The van der Waals surface area contributed by atoms with Gasteiger partial charge in [-0.05, 0) is 30.6 Å². The van der Waals surface area contributed by atoms with Gasteiger partial charge in [0.15, 0.2) is 0 Å². The van der Waals surface area contributed by atoms with E-state index in [1.807, 2.05) is 39.2 Å². The number of anilines is 1. The normalized spacial score (nSPS) is 11.0. The minimum absolute atomic E-state index is 0.816. The molecular weight excluding hydrogens is 272 g/mol. The SMILES string of the molecule is CNc1snc(C)c1-c1nc2cc(OC)ccc2n1C. The number of ether oxygens (including phenoxy) is 1. The number of hydrogen-bond donors (Lipinski definition) is 1. The Hall–Kier alpha value is -2.08. The quantitative estimate of drug-likeness (QED) is 0.805. The van der Waals surface area contributed by atoms with Gasteiger partial charge in [0, 0.05) is 20.2 Å². The lowest BCUT2D eigenvalue weighted by atomic mass is 10.2. The minimum Gasteiger partial charge on any atom is -0.497 e. The van der Waals surface area contributed by atoms with Crippen LogP contribution in [0.25, 0.3) is 22.4 Å². The van der Waals surface area contributed by atoms with Crippen LogP contribution in [0, 0.1) is 6.92 Å². The van der Waals surface area contributed by atoms with Gasteiger partial charge in [-0.2, -0.15) is 4.37 Å². The van der Waals surface area contributed by atoms with Crippen LogP contribution in [0.5, 0.6) is 5.75 Å². The third-order valence-electron chi connectivity index (χ3n) is 3.40. The molecule has 20 heavy (non-hydrogen) atoms. The molecule has 3 aromatic rings. The Morgan fingerprint density at radius 1 is 1.35 bits per heavy atom. The van der Waals surface area contributed by atoms with Gasteiger partial charge in [-0.1, -0.05) is 0 Å². The second-order valence-corrected chi connectivity index (χ2v) is 5.34. The molecule has 0 aliphatic rings. The topological polar surface area (TPSA) is 52.0 Å². The van der Waals surface area contributed by atoms with E-state index in [9.17, 15) is 0 Å². The van der Waals surface area contributed by atoms with Crippen LogP contribution in [0.15, 0.2) is 18.2 Å². The van der Waals surface area contributed by atoms with E-state index in [1.165, 1.54) is 11.5 Å². The molecule has 0 amide bonds. The summed E-state index contributed by atoms with van der Waals surface area (Å²) in [4.78, 5) is 4.74. The highest BCUT2D eigenvalue weighted by molar-refractivity contribution is 7.10. The highest BCUT2D eigenvalue weighted by atomic mass is 32.1. The molecule has 2 aromatic heterocycles. The summed E-state index contributed by atoms with van der Waals surface area (Å²) in [7, 11) is 5.59. The zero-order valence-corrected chi connectivity index (χ0v) is 12.7. The van der Waals surface area contributed by atoms with Crippen molar-refractivity contribution in [2.45, 2.75) is 6.92 Å². The van der Waals surface area contributed by atoms with E-state index < -0.39 is 0 Å². The first kappa shape index (κ1) is 12.9. The summed E-state index contributed by atoms with van der Waals surface area (Å²) in [5.74, 6) is 1.74. The van der Waals surface area contributed by atoms with E-state index in [0.717, 1.165) is 38.9 Å². The zero-order valence-electron chi connectivity index (χ0n) is 11.9. The molecular formula is C14H16N4OS. The molecule has 0 spiro atoms. The molecule has 0 atom stereocenters. The van der Waals surface area contributed by atoms with Crippen molar-refractivity contribution in [1.29, 1.82) is 0 Å². The van der Waals surface area contributed by atoms with Crippen LogP contribution in [0.3, 0.4) is 0 Å². The van der Waals surface area contributed by atoms with Crippen molar-refractivity contribution in [2.75, 3.05) is 19.5 Å². The molecule has 0 fully saturated rings. The Morgan fingerprint density at radius 3 is 2.85 bits per heavy atom. The average Bonchev–Trinajstić information content (AvgIpc) is 2.98. The number of benzene rings is 1. The summed E-state index contributed by atoms with van der Waals surface area (Å²) < 4.78 is 11.8. The van der Waals surface area contributed by atoms with Crippen LogP contribution in [-0.4, -0.2) is 28.1 Å². The molecule has 0 saturated carbocycles. The maximum absolute atomic E-state index is 5.26. The Labute approximate surface area is 121 Å². The van der Waals surface area contributed by atoms with Crippen molar-refractivity contribution in [3.8, 4) is 17.1 Å². The first-order chi connectivity index (χ1) is 9.65. The van der Waals surface area contributed by atoms with Crippen LogP contribution < -0.4 is 10.1 Å². The molecule has 3 rings (SSSR count). The molecule has 5 nitrogen and oxygen atoms in total. The van der Waals surface area contributed by atoms with Crippen LogP contribution in [-0.2, 0) is 7.05 Å². The molecule has 0 aliphatic heterocycles. The van der Waals surface area contributed by atoms with Crippen LogP contribution in [0.1, 0.15) is 5.69 Å². The van der Waals surface area contributed by atoms with Gasteiger partial charge in [-0.25, -0.2) is 4.98 Å². The molecule has 2 heterocycles. The summed E-state index contributed by atoms with van der Waals surface area (Å²) in [6.07, 6.45) is 0. The smallest absolute Gasteiger partial charge is 0.145 e. The molecule has 0 bridgehead atoms. The van der Waals surface area contributed by atoms with Crippen molar-refractivity contribution in [3.63, 3.8) is 0 Å². The Morgan fingerprint density at radius 2 is 2.15 bits per heavy atom. The number of aromatic nitrogens is 3. The van der Waals surface area contributed by atoms with Gasteiger partial charge in [0.1, 0.15) is 16.6 Å². The van der Waals surface area contributed by atoms with Gasteiger partial charge in [0.25, 0.3) is 0 Å². The van der Waals surface area contributed by atoms with Crippen LogP contribution >= 0.6 is 11.5 Å². The van der Waals surface area contributed by atoms with Gasteiger partial charge in [-0.3, -0.25) is 0 Å². The molecule has 1 aromatic carbocycles. The van der Waals surface area contributed by atoms with E-state index in [1.54, 1.807) is 7.11 Å². The summed E-state index contributed by atoms with van der Waals surface area (Å²) in [6.45, 7) is 2.01. The summed E-state index contributed by atoms with van der Waals surface area (Å²) in [5, 5.41) is 4.22. The van der Waals surface area contributed by atoms with Gasteiger partial charge in [0.05, 0.1) is 29.4 Å². The Kier molecular flexibility index (Phi) is 3.10. The number of methoxy groups -OCH3 is 1. The third-order valence-corrected chi connectivity index (χ3v) is 4.36. The second-order valence-electron chi connectivity index (χ2n) is 4.57. The van der Waals surface area contributed by atoms with Crippen LogP contribution in [0.4, 0.5) is 5.00 Å². The predicted molar refractivity (Wildman–Crippen MR) is 82.7 cm³/mol. The molecule has 0 aliphatic carbocycles. The second kappa shape index (κ2) is 4.79. The number of hydrogen-bond acceptors (Lipinski definition) is 5. The maximum Gasteiger partial charge on any atom is 0.145 e. The molecule has 6 heteroatoms. The number of nitrogens with zero attached hydrogens (tertiary/aromatic N) is 3. The Bertz CT molecular complexity index is 775. The maximum atomic E-state index is 5.26. The van der Waals surface area contributed by atoms with Gasteiger partial charge < -0.3 is 14.6 Å². The lowest BCUT2D eigenvalue weighted by Gasteiger charge is -2.04. The fourth-order valence-corrected chi connectivity index (χ4v) is 3.07. The lowest BCUT2D eigenvalue weighted by Crippen LogP contribution is -1.96. The van der Waals surface area contributed by atoms with Crippen molar-refractivity contribution >= 4 is 27.6 Å². The standard InChI is InChI=1S/C14H16N4OS/c1-8-12(14(15-2)20-17-8)13-16-10-7-9(19-4)5-6-11(10)18(13)3/h5-7,15H,1-4H3. The monoisotopic (exact) mass is 288 g/mol.